The summed E-state index contributed by atoms with van der Waals surface area (Å²) in [6.45, 7) is 3.82. The minimum Gasteiger partial charge on any atom is -0.508 e. The van der Waals surface area contributed by atoms with E-state index in [4.69, 9.17) is 4.52 Å². The molecule has 0 spiro atoms. The molecule has 0 amide bonds. The lowest BCUT2D eigenvalue weighted by molar-refractivity contribution is 0.398. The van der Waals surface area contributed by atoms with Gasteiger partial charge in [0.1, 0.15) is 17.2 Å². The van der Waals surface area contributed by atoms with Gasteiger partial charge < -0.3 is 9.63 Å². The van der Waals surface area contributed by atoms with Gasteiger partial charge in [-0.2, -0.15) is 0 Å². The summed E-state index contributed by atoms with van der Waals surface area (Å²) in [6, 6.07) is 6.98. The monoisotopic (exact) mass is 189 g/mol. The number of aromatic nitrogens is 1. The molecule has 0 bridgehead atoms. The Morgan fingerprint density at radius 3 is 2.64 bits per heavy atom. The van der Waals surface area contributed by atoms with Crippen molar-refractivity contribution in [2.75, 3.05) is 0 Å². The van der Waals surface area contributed by atoms with E-state index in [9.17, 15) is 5.11 Å². The third-order valence-corrected chi connectivity index (χ3v) is 2.28. The molecule has 1 aromatic carbocycles. The zero-order valence-electron chi connectivity index (χ0n) is 8.11. The molecule has 0 aliphatic rings. The fraction of sp³-hybridized carbons (Fsp3) is 0.182. The fourth-order valence-corrected chi connectivity index (χ4v) is 1.34. The minimum atomic E-state index is 0.238. The number of phenolic OH excluding ortho intramolecular Hbond substituents is 1. The van der Waals surface area contributed by atoms with Gasteiger partial charge in [-0.1, -0.05) is 17.3 Å². The SMILES string of the molecule is Cc1onc(-c2cccc(O)c2)c1C. The lowest BCUT2D eigenvalue weighted by Crippen LogP contribution is -1.80. The highest BCUT2D eigenvalue weighted by molar-refractivity contribution is 5.64. The first kappa shape index (κ1) is 8.81. The predicted octanol–water partition coefficient (Wildman–Crippen LogP) is 2.66. The second-order valence-electron chi connectivity index (χ2n) is 3.26. The Morgan fingerprint density at radius 2 is 2.07 bits per heavy atom. The van der Waals surface area contributed by atoms with Gasteiger partial charge in [-0.25, -0.2) is 0 Å². The standard InChI is InChI=1S/C11H11NO2/c1-7-8(2)14-12-11(7)9-4-3-5-10(13)6-9/h3-6,13H,1-2H3. The number of hydrogen-bond acceptors (Lipinski definition) is 3. The van der Waals surface area contributed by atoms with E-state index in [-0.39, 0.29) is 5.75 Å². The molecule has 0 saturated carbocycles. The van der Waals surface area contributed by atoms with Gasteiger partial charge in [0.05, 0.1) is 0 Å². The van der Waals surface area contributed by atoms with Crippen LogP contribution in [0.4, 0.5) is 0 Å². The number of hydrogen-bond donors (Lipinski definition) is 1. The number of benzene rings is 1. The highest BCUT2D eigenvalue weighted by atomic mass is 16.5. The van der Waals surface area contributed by atoms with Gasteiger partial charge in [0.2, 0.25) is 0 Å². The van der Waals surface area contributed by atoms with Crippen molar-refractivity contribution in [2.45, 2.75) is 13.8 Å². The van der Waals surface area contributed by atoms with Crippen molar-refractivity contribution in [3.63, 3.8) is 0 Å². The van der Waals surface area contributed by atoms with E-state index in [0.717, 1.165) is 22.6 Å². The highest BCUT2D eigenvalue weighted by Gasteiger charge is 2.10. The van der Waals surface area contributed by atoms with Gasteiger partial charge in [-0.05, 0) is 26.0 Å². The van der Waals surface area contributed by atoms with Crippen LogP contribution in [0.15, 0.2) is 28.8 Å². The van der Waals surface area contributed by atoms with Gasteiger partial charge in [0.25, 0.3) is 0 Å². The topological polar surface area (TPSA) is 46.3 Å². The molecule has 0 atom stereocenters. The number of phenols is 1. The molecule has 14 heavy (non-hydrogen) atoms. The van der Waals surface area contributed by atoms with Gasteiger partial charge in [-0.3, -0.25) is 0 Å². The van der Waals surface area contributed by atoms with E-state index in [1.807, 2.05) is 19.9 Å². The van der Waals surface area contributed by atoms with E-state index in [0.29, 0.717) is 0 Å². The molecular weight excluding hydrogens is 178 g/mol. The molecule has 0 aliphatic heterocycles. The van der Waals surface area contributed by atoms with Crippen LogP contribution in [-0.2, 0) is 0 Å². The van der Waals surface area contributed by atoms with Crippen molar-refractivity contribution < 1.29 is 9.63 Å². The maximum atomic E-state index is 9.31. The van der Waals surface area contributed by atoms with Gasteiger partial charge in [0.15, 0.2) is 0 Å². The summed E-state index contributed by atoms with van der Waals surface area (Å²) in [5, 5.41) is 13.3. The lowest BCUT2D eigenvalue weighted by atomic mass is 10.1. The van der Waals surface area contributed by atoms with Crippen molar-refractivity contribution in [1.29, 1.82) is 0 Å². The number of aryl methyl sites for hydroxylation is 1. The molecule has 0 radical (unpaired) electrons. The molecule has 0 aliphatic carbocycles. The molecule has 72 valence electrons. The largest absolute Gasteiger partial charge is 0.508 e. The molecule has 0 fully saturated rings. The molecule has 2 aromatic rings. The maximum absolute atomic E-state index is 9.31. The Morgan fingerprint density at radius 1 is 1.29 bits per heavy atom. The number of aromatic hydroxyl groups is 1. The van der Waals surface area contributed by atoms with E-state index in [1.54, 1.807) is 18.2 Å². The number of nitrogens with zero attached hydrogens (tertiary/aromatic N) is 1. The van der Waals surface area contributed by atoms with Crippen LogP contribution in [0.5, 0.6) is 5.75 Å². The normalized spacial score (nSPS) is 10.4. The Hall–Kier alpha value is -1.77. The quantitative estimate of drug-likeness (QED) is 0.750. The second-order valence-corrected chi connectivity index (χ2v) is 3.26. The molecule has 1 heterocycles. The maximum Gasteiger partial charge on any atom is 0.137 e. The summed E-state index contributed by atoms with van der Waals surface area (Å²) in [5.74, 6) is 1.05. The zero-order valence-corrected chi connectivity index (χ0v) is 8.11. The van der Waals surface area contributed by atoms with Crippen molar-refractivity contribution in [3.8, 4) is 17.0 Å². The summed E-state index contributed by atoms with van der Waals surface area (Å²) in [6.07, 6.45) is 0. The van der Waals surface area contributed by atoms with Crippen molar-refractivity contribution in [1.82, 2.24) is 5.16 Å². The molecule has 3 nitrogen and oxygen atoms in total. The summed E-state index contributed by atoms with van der Waals surface area (Å²) < 4.78 is 5.06. The molecule has 1 aromatic heterocycles. The van der Waals surface area contributed by atoms with Crippen molar-refractivity contribution in [3.05, 3.63) is 35.6 Å². The second kappa shape index (κ2) is 3.18. The van der Waals surface area contributed by atoms with Crippen LogP contribution in [0.3, 0.4) is 0 Å². The van der Waals surface area contributed by atoms with E-state index < -0.39 is 0 Å². The van der Waals surface area contributed by atoms with Crippen molar-refractivity contribution in [2.24, 2.45) is 0 Å². The predicted molar refractivity (Wildman–Crippen MR) is 53.1 cm³/mol. The van der Waals surface area contributed by atoms with Crippen LogP contribution >= 0.6 is 0 Å². The lowest BCUT2D eigenvalue weighted by Gasteiger charge is -1.97. The highest BCUT2D eigenvalue weighted by Crippen LogP contribution is 2.26. The zero-order chi connectivity index (χ0) is 10.1. The Labute approximate surface area is 82.0 Å². The first-order valence-corrected chi connectivity index (χ1v) is 4.41. The first-order chi connectivity index (χ1) is 6.68. The van der Waals surface area contributed by atoms with Crippen LogP contribution in [0.25, 0.3) is 11.3 Å². The van der Waals surface area contributed by atoms with Gasteiger partial charge >= 0.3 is 0 Å². The molecule has 0 saturated heterocycles. The van der Waals surface area contributed by atoms with Crippen LogP contribution < -0.4 is 0 Å². The average Bonchev–Trinajstić information content (AvgIpc) is 2.48. The summed E-state index contributed by atoms with van der Waals surface area (Å²) in [5.41, 5.74) is 2.67. The minimum absolute atomic E-state index is 0.238. The summed E-state index contributed by atoms with van der Waals surface area (Å²) in [7, 11) is 0. The summed E-state index contributed by atoms with van der Waals surface area (Å²) in [4.78, 5) is 0. The smallest absolute Gasteiger partial charge is 0.137 e. The molecule has 0 unspecified atom stereocenters. The fourth-order valence-electron chi connectivity index (χ4n) is 1.34. The number of rotatable bonds is 1. The van der Waals surface area contributed by atoms with Gasteiger partial charge in [0, 0.05) is 11.1 Å². The Bertz CT molecular complexity index is 460. The van der Waals surface area contributed by atoms with Crippen LogP contribution in [0, 0.1) is 13.8 Å². The van der Waals surface area contributed by atoms with Crippen molar-refractivity contribution >= 4 is 0 Å². The van der Waals surface area contributed by atoms with Crippen LogP contribution in [0.1, 0.15) is 11.3 Å². The molecular formula is C11H11NO2. The molecule has 1 N–H and O–H groups in total. The summed E-state index contributed by atoms with van der Waals surface area (Å²) >= 11 is 0. The van der Waals surface area contributed by atoms with Crippen LogP contribution in [0.2, 0.25) is 0 Å². The Kier molecular flexibility index (Phi) is 2.00. The van der Waals surface area contributed by atoms with Gasteiger partial charge in [-0.15, -0.1) is 0 Å². The van der Waals surface area contributed by atoms with Crippen LogP contribution in [-0.4, -0.2) is 10.3 Å². The van der Waals surface area contributed by atoms with E-state index in [2.05, 4.69) is 5.16 Å². The molecule has 2 rings (SSSR count). The van der Waals surface area contributed by atoms with E-state index >= 15 is 0 Å². The third-order valence-electron chi connectivity index (χ3n) is 2.28. The first-order valence-electron chi connectivity index (χ1n) is 4.41. The molecule has 3 heteroatoms. The average molecular weight is 189 g/mol. The van der Waals surface area contributed by atoms with E-state index in [1.165, 1.54) is 0 Å². The Balaban J connectivity index is 2.55. The third kappa shape index (κ3) is 1.37.